The average Bonchev–Trinajstić information content (AvgIpc) is 3.04. The van der Waals surface area contributed by atoms with Crippen LogP contribution in [0, 0.1) is 17.3 Å². The number of ether oxygens (including phenoxy) is 3. The van der Waals surface area contributed by atoms with Gasteiger partial charge in [0.05, 0.1) is 18.6 Å². The molecule has 1 aliphatic heterocycles. The lowest BCUT2D eigenvalue weighted by Gasteiger charge is -2.43. The fourth-order valence-corrected chi connectivity index (χ4v) is 5.25. The van der Waals surface area contributed by atoms with Crippen LogP contribution in [-0.4, -0.2) is 36.5 Å². The normalized spacial score (nSPS) is 35.9. The lowest BCUT2D eigenvalue weighted by Crippen LogP contribution is -2.55. The Labute approximate surface area is 170 Å². The first-order chi connectivity index (χ1) is 13.7. The van der Waals surface area contributed by atoms with Crippen LogP contribution in [0.4, 0.5) is 0 Å². The number of benzene rings is 1. The molecule has 3 aliphatic rings. The van der Waals surface area contributed by atoms with Crippen LogP contribution in [0.5, 0.6) is 5.75 Å². The van der Waals surface area contributed by atoms with Crippen molar-refractivity contribution in [3.63, 3.8) is 0 Å². The molecule has 0 unspecified atom stereocenters. The van der Waals surface area contributed by atoms with Crippen LogP contribution in [0.15, 0.2) is 35.9 Å². The van der Waals surface area contributed by atoms with Gasteiger partial charge in [0.15, 0.2) is 0 Å². The van der Waals surface area contributed by atoms with Crippen molar-refractivity contribution in [1.29, 1.82) is 0 Å². The van der Waals surface area contributed by atoms with E-state index in [2.05, 4.69) is 0 Å². The van der Waals surface area contributed by atoms with Crippen molar-refractivity contribution in [2.45, 2.75) is 51.7 Å². The Hall–Kier alpha value is -2.63. The maximum Gasteiger partial charge on any atom is 0.338 e. The Morgan fingerprint density at radius 3 is 2.55 bits per heavy atom. The van der Waals surface area contributed by atoms with Crippen LogP contribution in [0.2, 0.25) is 0 Å². The van der Waals surface area contributed by atoms with E-state index in [-0.39, 0.29) is 30.0 Å². The van der Waals surface area contributed by atoms with Crippen molar-refractivity contribution in [2.75, 3.05) is 7.11 Å². The van der Waals surface area contributed by atoms with Crippen LogP contribution in [0.1, 0.15) is 50.4 Å². The summed E-state index contributed by atoms with van der Waals surface area (Å²) in [6.45, 7) is 5.57. The summed E-state index contributed by atoms with van der Waals surface area (Å²) in [6.07, 6.45) is 2.58. The van der Waals surface area contributed by atoms with Crippen molar-refractivity contribution in [3.8, 4) is 5.75 Å². The first kappa shape index (κ1) is 19.7. The first-order valence-corrected chi connectivity index (χ1v) is 10.0. The number of Topliss-reactive ketones (excluding diaryl/α,β-unsaturated/α-hetero) is 1. The second-order valence-corrected chi connectivity index (χ2v) is 8.60. The molecule has 2 fully saturated rings. The average molecular weight is 398 g/mol. The summed E-state index contributed by atoms with van der Waals surface area (Å²) in [6, 6.07) is 6.63. The summed E-state index contributed by atoms with van der Waals surface area (Å²) >= 11 is 0. The standard InChI is InChI=1S/C23H26O6/c1-13-9-10-23-17(14(2)20(25)29-23)12-18(24)22(23,3)19(11-13)28-21(26)15-5-7-16(27-4)8-6-15/h5-8,11,14,17,19H,9-10,12H2,1-4H3/t14-,17-,19-,22-,23+/m1/s1. The smallest absolute Gasteiger partial charge is 0.338 e. The molecule has 6 nitrogen and oxygen atoms in total. The number of esters is 2. The number of allylic oxidation sites excluding steroid dienone is 1. The van der Waals surface area contributed by atoms with Gasteiger partial charge in [0.25, 0.3) is 0 Å². The van der Waals surface area contributed by atoms with Gasteiger partial charge in [0, 0.05) is 12.3 Å². The summed E-state index contributed by atoms with van der Waals surface area (Å²) in [5.74, 6) is -0.688. The van der Waals surface area contributed by atoms with Crippen molar-refractivity contribution < 1.29 is 28.6 Å². The third-order valence-electron chi connectivity index (χ3n) is 7.18. The van der Waals surface area contributed by atoms with E-state index in [0.717, 1.165) is 5.57 Å². The largest absolute Gasteiger partial charge is 0.497 e. The highest BCUT2D eigenvalue weighted by atomic mass is 16.6. The third kappa shape index (κ3) is 2.72. The molecule has 0 N–H and O–H groups in total. The van der Waals surface area contributed by atoms with E-state index in [1.807, 2.05) is 19.9 Å². The molecule has 6 heteroatoms. The predicted molar refractivity (Wildman–Crippen MR) is 104 cm³/mol. The molecule has 1 spiro atoms. The minimum absolute atomic E-state index is 0.0136. The van der Waals surface area contributed by atoms with Crippen molar-refractivity contribution in [1.82, 2.24) is 0 Å². The number of ketones is 1. The van der Waals surface area contributed by atoms with E-state index >= 15 is 0 Å². The minimum atomic E-state index is -1.10. The summed E-state index contributed by atoms with van der Waals surface area (Å²) in [5.41, 5.74) is -0.639. The van der Waals surface area contributed by atoms with E-state index in [4.69, 9.17) is 14.2 Å². The molecule has 0 bridgehead atoms. The van der Waals surface area contributed by atoms with Crippen molar-refractivity contribution in [3.05, 3.63) is 41.5 Å². The van der Waals surface area contributed by atoms with Gasteiger partial charge in [-0.3, -0.25) is 9.59 Å². The lowest BCUT2D eigenvalue weighted by atomic mass is 9.67. The van der Waals surface area contributed by atoms with Crippen molar-refractivity contribution >= 4 is 17.7 Å². The zero-order valence-corrected chi connectivity index (χ0v) is 17.2. The monoisotopic (exact) mass is 398 g/mol. The SMILES string of the molecule is COc1ccc(C(=O)O[C@@H]2C=C(C)CC[C@]34OC(=O)[C@H](C)[C@H]3CC(=O)[C@]24C)cc1. The molecule has 5 atom stereocenters. The van der Waals surface area contributed by atoms with Gasteiger partial charge in [0.1, 0.15) is 28.7 Å². The van der Waals surface area contributed by atoms with E-state index in [1.54, 1.807) is 38.3 Å². The number of carbonyl (C=O) groups is 3. The van der Waals surface area contributed by atoms with Gasteiger partial charge in [-0.15, -0.1) is 0 Å². The molecule has 29 heavy (non-hydrogen) atoms. The van der Waals surface area contributed by atoms with E-state index in [9.17, 15) is 14.4 Å². The minimum Gasteiger partial charge on any atom is -0.497 e. The fourth-order valence-electron chi connectivity index (χ4n) is 5.25. The van der Waals surface area contributed by atoms with Gasteiger partial charge in [0.2, 0.25) is 0 Å². The molecule has 0 radical (unpaired) electrons. The number of hydrogen-bond acceptors (Lipinski definition) is 6. The van der Waals surface area contributed by atoms with E-state index in [0.29, 0.717) is 24.2 Å². The number of methoxy groups -OCH3 is 1. The molecule has 154 valence electrons. The van der Waals surface area contributed by atoms with Crippen LogP contribution in [0.25, 0.3) is 0 Å². The fraction of sp³-hybridized carbons (Fsp3) is 0.522. The first-order valence-electron chi connectivity index (χ1n) is 10.0. The molecule has 1 heterocycles. The molecule has 1 aromatic carbocycles. The van der Waals surface area contributed by atoms with Gasteiger partial charge in [-0.25, -0.2) is 4.79 Å². The zero-order chi connectivity index (χ0) is 21.0. The maximum atomic E-state index is 13.2. The molecule has 2 aliphatic carbocycles. The topological polar surface area (TPSA) is 78.9 Å². The molecule has 4 rings (SSSR count). The predicted octanol–water partition coefficient (Wildman–Crippen LogP) is 3.49. The molecule has 1 saturated carbocycles. The van der Waals surface area contributed by atoms with Crippen LogP contribution in [-0.2, 0) is 19.1 Å². The molecule has 1 aromatic rings. The summed E-state index contributed by atoms with van der Waals surface area (Å²) in [4.78, 5) is 38.5. The second-order valence-electron chi connectivity index (χ2n) is 8.60. The number of hydrogen-bond donors (Lipinski definition) is 0. The van der Waals surface area contributed by atoms with E-state index < -0.39 is 23.1 Å². The van der Waals surface area contributed by atoms with Gasteiger partial charge < -0.3 is 14.2 Å². The summed E-state index contributed by atoms with van der Waals surface area (Å²) in [5, 5.41) is 0. The van der Waals surface area contributed by atoms with Gasteiger partial charge >= 0.3 is 11.9 Å². The Morgan fingerprint density at radius 1 is 1.21 bits per heavy atom. The van der Waals surface area contributed by atoms with Crippen molar-refractivity contribution in [2.24, 2.45) is 17.3 Å². The van der Waals surface area contributed by atoms with Crippen LogP contribution >= 0.6 is 0 Å². The molecular weight excluding hydrogens is 372 g/mol. The highest BCUT2D eigenvalue weighted by Gasteiger charge is 2.73. The Morgan fingerprint density at radius 2 is 1.90 bits per heavy atom. The lowest BCUT2D eigenvalue weighted by molar-refractivity contribution is -0.171. The Balaban J connectivity index is 1.71. The van der Waals surface area contributed by atoms with E-state index in [1.165, 1.54) is 0 Å². The highest BCUT2D eigenvalue weighted by molar-refractivity contribution is 5.95. The third-order valence-corrected chi connectivity index (χ3v) is 7.18. The Bertz CT molecular complexity index is 900. The molecule has 0 aromatic heterocycles. The van der Waals surface area contributed by atoms with Crippen LogP contribution < -0.4 is 4.74 Å². The van der Waals surface area contributed by atoms with Gasteiger partial charge in [-0.05, 0) is 57.0 Å². The number of carbonyl (C=O) groups excluding carboxylic acids is 3. The quantitative estimate of drug-likeness (QED) is 0.573. The maximum absolute atomic E-state index is 13.2. The second kappa shape index (κ2) is 6.71. The zero-order valence-electron chi connectivity index (χ0n) is 17.2. The molecule has 0 amide bonds. The van der Waals surface area contributed by atoms with Gasteiger partial charge in [-0.2, -0.15) is 0 Å². The Kier molecular flexibility index (Phi) is 4.56. The highest BCUT2D eigenvalue weighted by Crippen LogP contribution is 2.62. The van der Waals surface area contributed by atoms with Gasteiger partial charge in [-0.1, -0.05) is 12.5 Å². The summed E-state index contributed by atoms with van der Waals surface area (Å²) < 4.78 is 17.0. The summed E-state index contributed by atoms with van der Waals surface area (Å²) in [7, 11) is 1.55. The molecule has 1 saturated heterocycles. The molecular formula is C23H26O6. The van der Waals surface area contributed by atoms with Crippen LogP contribution in [0.3, 0.4) is 0 Å². The number of rotatable bonds is 3.